The molecule has 12 heteroatoms. The van der Waals surface area contributed by atoms with Crippen LogP contribution in [0.4, 0.5) is 0 Å². The lowest BCUT2D eigenvalue weighted by Crippen LogP contribution is -2.61. The van der Waals surface area contributed by atoms with Gasteiger partial charge < -0.3 is 39.0 Å². The average molecular weight is 975 g/mol. The summed E-state index contributed by atoms with van der Waals surface area (Å²) in [5.41, 5.74) is 0. The second-order valence-electron chi connectivity index (χ2n) is 18.9. The zero-order valence-electron chi connectivity index (χ0n) is 43.6. The molecule has 0 radical (unpaired) electrons. The molecule has 0 bridgehead atoms. The van der Waals surface area contributed by atoms with Crippen LogP contribution in [0.5, 0.6) is 0 Å². The van der Waals surface area contributed by atoms with E-state index in [-0.39, 0.29) is 25.9 Å². The minimum Gasteiger partial charge on any atom is -0.479 e. The molecule has 0 aromatic carbocycles. The standard InChI is InChI=1S/C57H98O12/c1-4-7-10-13-16-19-22-24-25-27-29-31-34-37-40-43-49(58)65-46-48(67-50(59)44-41-38-35-33-30-26-23-20-17-14-11-8-5-2)47-66-57-55(53(62)52(61)54(69-57)56(63)64)68-51(60)45-42-39-36-32-28-21-18-15-12-9-6-3/h7,10,16,19,24-25,29,31,48,52-55,57,61-62H,4-6,8-9,11-15,17-18,20-23,26-28,30,32-47H2,1-3H3,(H,63,64)/b10-7-,19-16-,25-24-,31-29-. The van der Waals surface area contributed by atoms with Crippen LogP contribution in [-0.4, -0.2) is 89.2 Å². The number of carboxylic acids is 1. The van der Waals surface area contributed by atoms with E-state index in [0.29, 0.717) is 19.3 Å². The van der Waals surface area contributed by atoms with Gasteiger partial charge in [0.05, 0.1) is 6.61 Å². The van der Waals surface area contributed by atoms with E-state index in [9.17, 15) is 34.5 Å². The number of ether oxygens (including phenoxy) is 5. The van der Waals surface area contributed by atoms with Crippen LogP contribution in [0.3, 0.4) is 0 Å². The molecule has 1 heterocycles. The number of aliphatic carboxylic acids is 1. The summed E-state index contributed by atoms with van der Waals surface area (Å²) >= 11 is 0. The van der Waals surface area contributed by atoms with Gasteiger partial charge in [-0.3, -0.25) is 14.4 Å². The Balaban J connectivity index is 2.74. The number of hydrogen-bond donors (Lipinski definition) is 3. The first-order valence-electron chi connectivity index (χ1n) is 27.6. The van der Waals surface area contributed by atoms with E-state index in [1.807, 2.05) is 0 Å². The Morgan fingerprint density at radius 2 is 0.913 bits per heavy atom. The largest absolute Gasteiger partial charge is 0.479 e. The van der Waals surface area contributed by atoms with Gasteiger partial charge in [0.1, 0.15) is 18.8 Å². The Morgan fingerprint density at radius 1 is 0.493 bits per heavy atom. The summed E-state index contributed by atoms with van der Waals surface area (Å²) in [6, 6.07) is 0. The first-order valence-corrected chi connectivity index (χ1v) is 27.6. The molecule has 0 amide bonds. The lowest BCUT2D eigenvalue weighted by molar-refractivity contribution is -0.301. The maximum absolute atomic E-state index is 13.1. The molecule has 1 aliphatic rings. The summed E-state index contributed by atoms with van der Waals surface area (Å²) in [6.45, 7) is 5.82. The number of aliphatic hydroxyl groups excluding tert-OH is 2. The number of esters is 3. The summed E-state index contributed by atoms with van der Waals surface area (Å²) in [6.07, 6.45) is 41.0. The molecule has 69 heavy (non-hydrogen) atoms. The lowest BCUT2D eigenvalue weighted by Gasteiger charge is -2.40. The van der Waals surface area contributed by atoms with Crippen molar-refractivity contribution in [3.05, 3.63) is 48.6 Å². The van der Waals surface area contributed by atoms with Crippen molar-refractivity contribution in [3.63, 3.8) is 0 Å². The number of carbonyl (C=O) groups is 4. The zero-order valence-corrected chi connectivity index (χ0v) is 43.6. The maximum Gasteiger partial charge on any atom is 0.335 e. The van der Waals surface area contributed by atoms with E-state index in [1.54, 1.807) is 0 Å². The summed E-state index contributed by atoms with van der Waals surface area (Å²) in [4.78, 5) is 50.9. The predicted molar refractivity (Wildman–Crippen MR) is 276 cm³/mol. The number of hydrogen-bond acceptors (Lipinski definition) is 11. The second-order valence-corrected chi connectivity index (χ2v) is 18.9. The van der Waals surface area contributed by atoms with Crippen LogP contribution in [0, 0.1) is 0 Å². The van der Waals surface area contributed by atoms with Crippen LogP contribution >= 0.6 is 0 Å². The highest BCUT2D eigenvalue weighted by Gasteiger charge is 2.50. The van der Waals surface area contributed by atoms with Crippen LogP contribution in [0.25, 0.3) is 0 Å². The highest BCUT2D eigenvalue weighted by molar-refractivity contribution is 5.74. The Morgan fingerprint density at radius 3 is 1.39 bits per heavy atom. The number of rotatable bonds is 46. The van der Waals surface area contributed by atoms with E-state index in [4.69, 9.17) is 23.7 Å². The molecule has 6 unspecified atom stereocenters. The van der Waals surface area contributed by atoms with E-state index < -0.39 is 67.3 Å². The highest BCUT2D eigenvalue weighted by atomic mass is 16.7. The second kappa shape index (κ2) is 45.8. The Kier molecular flexibility index (Phi) is 42.3. The van der Waals surface area contributed by atoms with Crippen molar-refractivity contribution in [1.29, 1.82) is 0 Å². The maximum atomic E-state index is 13.1. The molecule has 0 aliphatic carbocycles. The predicted octanol–water partition coefficient (Wildman–Crippen LogP) is 13.4. The van der Waals surface area contributed by atoms with Crippen molar-refractivity contribution in [2.75, 3.05) is 13.2 Å². The molecule has 1 fully saturated rings. The Hall–Kier alpha value is -3.32. The quantitative estimate of drug-likeness (QED) is 0.0228. The smallest absolute Gasteiger partial charge is 0.335 e. The number of unbranched alkanes of at least 4 members (excludes halogenated alkanes) is 24. The van der Waals surface area contributed by atoms with Crippen molar-refractivity contribution in [2.45, 2.75) is 276 Å². The molecule has 398 valence electrons. The molecule has 0 saturated carbocycles. The van der Waals surface area contributed by atoms with Crippen molar-refractivity contribution in [1.82, 2.24) is 0 Å². The minimum absolute atomic E-state index is 0.0598. The first kappa shape index (κ1) is 63.7. The fourth-order valence-electron chi connectivity index (χ4n) is 8.18. The molecular formula is C57H98O12. The van der Waals surface area contributed by atoms with Crippen LogP contribution in [-0.2, 0) is 42.9 Å². The topological polar surface area (TPSA) is 175 Å². The van der Waals surface area contributed by atoms with Gasteiger partial charge in [-0.2, -0.15) is 0 Å². The fourth-order valence-corrected chi connectivity index (χ4v) is 8.18. The molecule has 6 atom stereocenters. The first-order chi connectivity index (χ1) is 33.6. The number of carbonyl (C=O) groups excluding carboxylic acids is 3. The fraction of sp³-hybridized carbons (Fsp3) is 0.789. The Labute approximate surface area is 418 Å². The van der Waals surface area contributed by atoms with Gasteiger partial charge in [0.2, 0.25) is 0 Å². The van der Waals surface area contributed by atoms with Crippen molar-refractivity contribution in [3.8, 4) is 0 Å². The normalized spacial score (nSPS) is 19.0. The van der Waals surface area contributed by atoms with E-state index in [1.165, 1.54) is 96.3 Å². The summed E-state index contributed by atoms with van der Waals surface area (Å²) in [7, 11) is 0. The monoisotopic (exact) mass is 975 g/mol. The van der Waals surface area contributed by atoms with Gasteiger partial charge in [0, 0.05) is 19.3 Å². The van der Waals surface area contributed by atoms with Crippen molar-refractivity contribution in [2.24, 2.45) is 0 Å². The molecule has 1 saturated heterocycles. The van der Waals surface area contributed by atoms with Crippen LogP contribution in [0.15, 0.2) is 48.6 Å². The molecule has 0 spiro atoms. The molecule has 1 rings (SSSR count). The third-order valence-electron chi connectivity index (χ3n) is 12.4. The number of carboxylic acid groups (broad SMARTS) is 1. The van der Waals surface area contributed by atoms with Gasteiger partial charge in [-0.15, -0.1) is 0 Å². The SMILES string of the molecule is CC/C=C\C/C=C\C/C=C\C/C=C\CCCCC(=O)OCC(COC1OC(C(=O)O)C(O)C(O)C1OC(=O)CCCCCCCCCCCCC)OC(=O)CCCCCCCCCCCCCCC. The van der Waals surface area contributed by atoms with Gasteiger partial charge >= 0.3 is 23.9 Å². The van der Waals surface area contributed by atoms with Gasteiger partial charge in [-0.05, 0) is 57.8 Å². The van der Waals surface area contributed by atoms with Gasteiger partial charge in [0.15, 0.2) is 24.6 Å². The summed E-state index contributed by atoms with van der Waals surface area (Å²) in [5.74, 6) is -3.16. The van der Waals surface area contributed by atoms with Crippen LogP contribution in [0.2, 0.25) is 0 Å². The van der Waals surface area contributed by atoms with Crippen LogP contribution < -0.4 is 0 Å². The number of allylic oxidation sites excluding steroid dienone is 8. The highest BCUT2D eigenvalue weighted by Crippen LogP contribution is 2.26. The third kappa shape index (κ3) is 36.3. The van der Waals surface area contributed by atoms with Gasteiger partial charge in [-0.1, -0.05) is 211 Å². The summed E-state index contributed by atoms with van der Waals surface area (Å²) < 4.78 is 28.3. The van der Waals surface area contributed by atoms with Crippen LogP contribution in [0.1, 0.15) is 239 Å². The van der Waals surface area contributed by atoms with E-state index in [0.717, 1.165) is 83.5 Å². The molecular weight excluding hydrogens is 877 g/mol. The molecule has 0 aromatic rings. The third-order valence-corrected chi connectivity index (χ3v) is 12.4. The summed E-state index contributed by atoms with van der Waals surface area (Å²) in [5, 5.41) is 31.3. The minimum atomic E-state index is -1.90. The van der Waals surface area contributed by atoms with E-state index in [2.05, 4.69) is 69.4 Å². The van der Waals surface area contributed by atoms with Crippen molar-refractivity contribution < 1.29 is 58.2 Å². The van der Waals surface area contributed by atoms with E-state index >= 15 is 0 Å². The lowest BCUT2D eigenvalue weighted by atomic mass is 9.98. The van der Waals surface area contributed by atoms with Crippen molar-refractivity contribution >= 4 is 23.9 Å². The molecule has 3 N–H and O–H groups in total. The molecule has 1 aliphatic heterocycles. The van der Waals surface area contributed by atoms with Gasteiger partial charge in [-0.25, -0.2) is 4.79 Å². The molecule has 12 nitrogen and oxygen atoms in total. The zero-order chi connectivity index (χ0) is 50.4. The number of aliphatic hydroxyl groups is 2. The van der Waals surface area contributed by atoms with Gasteiger partial charge in [0.25, 0.3) is 0 Å². The molecule has 0 aromatic heterocycles. The average Bonchev–Trinajstić information content (AvgIpc) is 3.33. The Bertz CT molecular complexity index is 1390.